The van der Waals surface area contributed by atoms with Crippen molar-refractivity contribution >= 4 is 5.82 Å². The second kappa shape index (κ2) is 2.26. The standard InChI is InChI=1S/C8H13N3/c1-9-8-5-7(6-3-4-6)11(2)10-8/h5-6H,3-4H2,1-2H3,(H,9,10). The van der Waals surface area contributed by atoms with Crippen LogP contribution >= 0.6 is 0 Å². The van der Waals surface area contributed by atoms with Crippen molar-refractivity contribution in [1.29, 1.82) is 0 Å². The van der Waals surface area contributed by atoms with Crippen molar-refractivity contribution in [2.24, 2.45) is 7.05 Å². The van der Waals surface area contributed by atoms with E-state index >= 15 is 0 Å². The molecule has 1 aromatic heterocycles. The second-order valence-corrected chi connectivity index (χ2v) is 3.10. The first-order valence-electron chi connectivity index (χ1n) is 4.03. The molecule has 0 bridgehead atoms. The summed E-state index contributed by atoms with van der Waals surface area (Å²) in [6.07, 6.45) is 2.67. The molecule has 60 valence electrons. The molecule has 1 aliphatic rings. The largest absolute Gasteiger partial charge is 0.372 e. The van der Waals surface area contributed by atoms with E-state index in [0.29, 0.717) is 0 Å². The molecule has 0 aromatic carbocycles. The van der Waals surface area contributed by atoms with Gasteiger partial charge in [0.05, 0.1) is 0 Å². The Hall–Kier alpha value is -0.990. The number of aromatic nitrogens is 2. The molecule has 0 spiro atoms. The number of nitrogens with zero attached hydrogens (tertiary/aromatic N) is 2. The molecule has 3 nitrogen and oxygen atoms in total. The average molecular weight is 151 g/mol. The third-order valence-corrected chi connectivity index (χ3v) is 2.17. The molecule has 0 aliphatic heterocycles. The Balaban J connectivity index is 2.30. The minimum atomic E-state index is 0.787. The van der Waals surface area contributed by atoms with E-state index in [0.717, 1.165) is 11.7 Å². The zero-order chi connectivity index (χ0) is 7.84. The van der Waals surface area contributed by atoms with E-state index in [9.17, 15) is 0 Å². The lowest BCUT2D eigenvalue weighted by Crippen LogP contribution is -1.96. The molecule has 1 saturated carbocycles. The fraction of sp³-hybridized carbons (Fsp3) is 0.625. The minimum Gasteiger partial charge on any atom is -0.372 e. The molecule has 1 aromatic rings. The van der Waals surface area contributed by atoms with Crippen LogP contribution in [0.1, 0.15) is 24.5 Å². The third-order valence-electron chi connectivity index (χ3n) is 2.17. The second-order valence-electron chi connectivity index (χ2n) is 3.10. The average Bonchev–Trinajstić information content (AvgIpc) is 2.76. The van der Waals surface area contributed by atoms with Crippen LogP contribution in [0.25, 0.3) is 0 Å². The van der Waals surface area contributed by atoms with Gasteiger partial charge in [-0.1, -0.05) is 0 Å². The summed E-state index contributed by atoms with van der Waals surface area (Å²) in [6, 6.07) is 2.14. The lowest BCUT2D eigenvalue weighted by Gasteiger charge is -1.94. The van der Waals surface area contributed by atoms with Crippen LogP contribution in [0.15, 0.2) is 6.07 Å². The topological polar surface area (TPSA) is 29.9 Å². The van der Waals surface area contributed by atoms with Crippen molar-refractivity contribution in [1.82, 2.24) is 9.78 Å². The fourth-order valence-corrected chi connectivity index (χ4v) is 1.37. The van der Waals surface area contributed by atoms with Crippen molar-refractivity contribution in [3.05, 3.63) is 11.8 Å². The van der Waals surface area contributed by atoms with Gasteiger partial charge in [-0.2, -0.15) is 5.10 Å². The van der Waals surface area contributed by atoms with Crippen LogP contribution in [0.2, 0.25) is 0 Å². The molecule has 1 N–H and O–H groups in total. The number of rotatable bonds is 2. The zero-order valence-electron chi connectivity index (χ0n) is 6.96. The van der Waals surface area contributed by atoms with Gasteiger partial charge in [0.25, 0.3) is 0 Å². The van der Waals surface area contributed by atoms with E-state index < -0.39 is 0 Å². The van der Waals surface area contributed by atoms with E-state index in [-0.39, 0.29) is 0 Å². The Bertz CT molecular complexity index is 260. The van der Waals surface area contributed by atoms with Gasteiger partial charge in [0, 0.05) is 31.8 Å². The van der Waals surface area contributed by atoms with Crippen molar-refractivity contribution in [2.45, 2.75) is 18.8 Å². The van der Waals surface area contributed by atoms with Crippen LogP contribution in [0.5, 0.6) is 0 Å². The summed E-state index contributed by atoms with van der Waals surface area (Å²) in [5.74, 6) is 1.77. The minimum absolute atomic E-state index is 0.787. The maximum Gasteiger partial charge on any atom is 0.148 e. The van der Waals surface area contributed by atoms with E-state index in [2.05, 4.69) is 16.5 Å². The van der Waals surface area contributed by atoms with Gasteiger partial charge in [0.2, 0.25) is 0 Å². The number of aryl methyl sites for hydroxylation is 1. The highest BCUT2D eigenvalue weighted by Crippen LogP contribution is 2.40. The van der Waals surface area contributed by atoms with Gasteiger partial charge in [-0.15, -0.1) is 0 Å². The smallest absolute Gasteiger partial charge is 0.148 e. The highest BCUT2D eigenvalue weighted by atomic mass is 15.3. The maximum absolute atomic E-state index is 4.30. The van der Waals surface area contributed by atoms with Crippen LogP contribution in [-0.4, -0.2) is 16.8 Å². The molecular weight excluding hydrogens is 138 g/mol. The maximum atomic E-state index is 4.30. The summed E-state index contributed by atoms with van der Waals surface area (Å²) in [4.78, 5) is 0. The van der Waals surface area contributed by atoms with E-state index in [1.54, 1.807) is 0 Å². The van der Waals surface area contributed by atoms with Crippen LogP contribution < -0.4 is 5.32 Å². The van der Waals surface area contributed by atoms with Gasteiger partial charge >= 0.3 is 0 Å². The molecule has 0 radical (unpaired) electrons. The molecule has 1 heterocycles. The Labute approximate surface area is 66.4 Å². The molecule has 0 atom stereocenters. The van der Waals surface area contributed by atoms with Crippen molar-refractivity contribution in [2.75, 3.05) is 12.4 Å². The lowest BCUT2D eigenvalue weighted by atomic mass is 10.3. The molecule has 1 aliphatic carbocycles. The first-order valence-corrected chi connectivity index (χ1v) is 4.03. The predicted molar refractivity (Wildman–Crippen MR) is 44.7 cm³/mol. The summed E-state index contributed by atoms with van der Waals surface area (Å²) >= 11 is 0. The molecule has 0 unspecified atom stereocenters. The van der Waals surface area contributed by atoms with Gasteiger partial charge in [-0.25, -0.2) is 0 Å². The third kappa shape index (κ3) is 1.11. The number of nitrogens with one attached hydrogen (secondary N) is 1. The SMILES string of the molecule is CNc1cc(C2CC2)n(C)n1. The van der Waals surface area contributed by atoms with Crippen LogP contribution in [-0.2, 0) is 7.05 Å². The Kier molecular flexibility index (Phi) is 1.37. The van der Waals surface area contributed by atoms with Crippen LogP contribution in [0.3, 0.4) is 0 Å². The Morgan fingerprint density at radius 3 is 2.82 bits per heavy atom. The van der Waals surface area contributed by atoms with E-state index in [1.165, 1.54) is 18.5 Å². The number of hydrogen-bond donors (Lipinski definition) is 1. The van der Waals surface area contributed by atoms with Crippen molar-refractivity contribution in [3.8, 4) is 0 Å². The summed E-state index contributed by atoms with van der Waals surface area (Å²) < 4.78 is 1.98. The van der Waals surface area contributed by atoms with Crippen LogP contribution in [0.4, 0.5) is 5.82 Å². The highest BCUT2D eigenvalue weighted by Gasteiger charge is 2.26. The summed E-state index contributed by atoms with van der Waals surface area (Å²) in [6.45, 7) is 0. The van der Waals surface area contributed by atoms with Crippen molar-refractivity contribution < 1.29 is 0 Å². The summed E-state index contributed by atoms with van der Waals surface area (Å²) in [5.41, 5.74) is 1.37. The molecule has 1 fully saturated rings. The summed E-state index contributed by atoms with van der Waals surface area (Å²) in [5, 5.41) is 7.33. The fourth-order valence-electron chi connectivity index (χ4n) is 1.37. The first kappa shape index (κ1) is 6.70. The van der Waals surface area contributed by atoms with Gasteiger partial charge in [0.1, 0.15) is 5.82 Å². The van der Waals surface area contributed by atoms with Gasteiger partial charge in [0.15, 0.2) is 0 Å². The lowest BCUT2D eigenvalue weighted by molar-refractivity contribution is 0.716. The van der Waals surface area contributed by atoms with Gasteiger partial charge < -0.3 is 5.32 Å². The predicted octanol–water partition coefficient (Wildman–Crippen LogP) is 1.34. The molecule has 0 saturated heterocycles. The number of anilines is 1. The summed E-state index contributed by atoms with van der Waals surface area (Å²) in [7, 11) is 3.91. The Morgan fingerprint density at radius 2 is 2.36 bits per heavy atom. The van der Waals surface area contributed by atoms with E-state index in [1.807, 2.05) is 18.8 Å². The molecule has 2 rings (SSSR count). The molecule has 0 amide bonds. The molecular formula is C8H13N3. The normalized spacial score (nSPS) is 16.9. The Morgan fingerprint density at radius 1 is 1.64 bits per heavy atom. The van der Waals surface area contributed by atoms with E-state index in [4.69, 9.17) is 0 Å². The monoisotopic (exact) mass is 151 g/mol. The van der Waals surface area contributed by atoms with Gasteiger partial charge in [-0.3, -0.25) is 4.68 Å². The zero-order valence-corrected chi connectivity index (χ0v) is 6.96. The first-order chi connectivity index (χ1) is 5.31. The highest BCUT2D eigenvalue weighted by molar-refractivity contribution is 5.37. The van der Waals surface area contributed by atoms with Crippen LogP contribution in [0, 0.1) is 0 Å². The molecule has 11 heavy (non-hydrogen) atoms. The van der Waals surface area contributed by atoms with Crippen molar-refractivity contribution in [3.63, 3.8) is 0 Å². The molecule has 3 heteroatoms. The van der Waals surface area contributed by atoms with Gasteiger partial charge in [-0.05, 0) is 12.8 Å². The number of hydrogen-bond acceptors (Lipinski definition) is 2. The quantitative estimate of drug-likeness (QED) is 0.691.